The molecule has 3 rings (SSSR count). The summed E-state index contributed by atoms with van der Waals surface area (Å²) in [6.07, 6.45) is 1.30. The van der Waals surface area contributed by atoms with Crippen molar-refractivity contribution < 1.29 is 18.3 Å². The van der Waals surface area contributed by atoms with E-state index < -0.39 is 16.0 Å². The number of benzene rings is 1. The van der Waals surface area contributed by atoms with Crippen LogP contribution in [-0.2, 0) is 10.0 Å². The summed E-state index contributed by atoms with van der Waals surface area (Å²) in [5.41, 5.74) is 1.40. The molecule has 0 saturated heterocycles. The summed E-state index contributed by atoms with van der Waals surface area (Å²) in [5, 5.41) is 10.1. The molecule has 0 bridgehead atoms. The average Bonchev–Trinajstić information content (AvgIpc) is 2.92. The second-order valence-corrected chi connectivity index (χ2v) is 9.16. The van der Waals surface area contributed by atoms with E-state index in [0.717, 1.165) is 15.6 Å². The first-order chi connectivity index (χ1) is 12.2. The molecule has 0 spiro atoms. The highest BCUT2D eigenvalue weighted by Gasteiger charge is 2.24. The fourth-order valence-corrected chi connectivity index (χ4v) is 5.49. The summed E-state index contributed by atoms with van der Waals surface area (Å²) in [4.78, 5) is 15.0. The van der Waals surface area contributed by atoms with E-state index in [0.29, 0.717) is 11.5 Å². The third-order valence-electron chi connectivity index (χ3n) is 4.08. The summed E-state index contributed by atoms with van der Waals surface area (Å²) >= 11 is 1.17. The fourth-order valence-electron chi connectivity index (χ4n) is 2.68. The molecule has 0 aliphatic rings. The molecule has 0 aliphatic carbocycles. The number of carboxylic acid groups (broad SMARTS) is 1. The van der Waals surface area contributed by atoms with Crippen molar-refractivity contribution in [3.8, 4) is 0 Å². The Kier molecular flexibility index (Phi) is 4.72. The second-order valence-electron chi connectivity index (χ2n) is 6.24. The molecule has 0 aliphatic heterocycles. The number of aromatic carboxylic acids is 1. The normalized spacial score (nSPS) is 11.8. The van der Waals surface area contributed by atoms with E-state index in [-0.39, 0.29) is 15.6 Å². The predicted octanol–water partition coefficient (Wildman–Crippen LogP) is 4.23. The maximum Gasteiger partial charge on any atom is 0.356 e. The number of nitrogens with zero attached hydrogens (tertiary/aromatic N) is 1. The molecule has 6 nitrogen and oxygen atoms in total. The van der Waals surface area contributed by atoms with Crippen molar-refractivity contribution in [1.29, 1.82) is 0 Å². The van der Waals surface area contributed by atoms with Gasteiger partial charge >= 0.3 is 5.97 Å². The lowest BCUT2D eigenvalue weighted by molar-refractivity contribution is 0.0692. The van der Waals surface area contributed by atoms with Crippen molar-refractivity contribution >= 4 is 43.1 Å². The Hall–Kier alpha value is -2.45. The molecule has 0 amide bonds. The lowest BCUT2D eigenvalue weighted by atomic mass is 10.0. The zero-order chi connectivity index (χ0) is 19.1. The first kappa shape index (κ1) is 18.3. The highest BCUT2D eigenvalue weighted by molar-refractivity contribution is 7.94. The zero-order valence-corrected chi connectivity index (χ0v) is 16.1. The standard InChI is InChI=1S/C18H18N2O4S2/c1-10(2)12-6-7-15-13(9-12)11(3)18(25-15)26(23,24)20-14-5-4-8-19-16(14)17(21)22/h4-10,20H,1-3H3,(H,21,22). The molecular formula is C18H18N2O4S2. The van der Waals surface area contributed by atoms with Gasteiger partial charge in [0.05, 0.1) is 5.69 Å². The minimum absolute atomic E-state index is 0.0558. The van der Waals surface area contributed by atoms with E-state index >= 15 is 0 Å². The van der Waals surface area contributed by atoms with E-state index in [1.54, 1.807) is 6.92 Å². The van der Waals surface area contributed by atoms with Crippen LogP contribution in [-0.4, -0.2) is 24.5 Å². The average molecular weight is 390 g/mol. The molecule has 0 atom stereocenters. The van der Waals surface area contributed by atoms with E-state index in [1.807, 2.05) is 18.2 Å². The quantitative estimate of drug-likeness (QED) is 0.680. The van der Waals surface area contributed by atoms with Gasteiger partial charge in [0.1, 0.15) is 4.21 Å². The number of hydrogen-bond donors (Lipinski definition) is 2. The Morgan fingerprint density at radius 3 is 2.65 bits per heavy atom. The van der Waals surface area contributed by atoms with Crippen LogP contribution in [0.4, 0.5) is 5.69 Å². The number of aromatic nitrogens is 1. The maximum absolute atomic E-state index is 12.9. The molecule has 0 unspecified atom stereocenters. The molecule has 1 aromatic carbocycles. The van der Waals surface area contributed by atoms with Crippen molar-refractivity contribution in [2.45, 2.75) is 30.9 Å². The molecule has 2 aromatic heterocycles. The number of sulfonamides is 1. The molecule has 0 fully saturated rings. The van der Waals surface area contributed by atoms with E-state index in [9.17, 15) is 18.3 Å². The second kappa shape index (κ2) is 6.69. The van der Waals surface area contributed by atoms with Gasteiger partial charge < -0.3 is 5.11 Å². The van der Waals surface area contributed by atoms with E-state index in [4.69, 9.17) is 0 Å². The third kappa shape index (κ3) is 3.30. The molecule has 8 heteroatoms. The van der Waals surface area contributed by atoms with Gasteiger partial charge in [-0.3, -0.25) is 4.72 Å². The summed E-state index contributed by atoms with van der Waals surface area (Å²) in [5.74, 6) is -0.955. The highest BCUT2D eigenvalue weighted by Crippen LogP contribution is 2.36. The SMILES string of the molecule is Cc1c(S(=O)(=O)Nc2cccnc2C(=O)O)sc2ccc(C(C)C)cc12. The van der Waals surface area contributed by atoms with Crippen LogP contribution in [0, 0.1) is 6.92 Å². The molecule has 0 radical (unpaired) electrons. The van der Waals surface area contributed by atoms with Crippen molar-refractivity contribution in [1.82, 2.24) is 4.98 Å². The van der Waals surface area contributed by atoms with Crippen LogP contribution >= 0.6 is 11.3 Å². The van der Waals surface area contributed by atoms with Crippen molar-refractivity contribution in [3.63, 3.8) is 0 Å². The van der Waals surface area contributed by atoms with Crippen LogP contribution in [0.5, 0.6) is 0 Å². The lowest BCUT2D eigenvalue weighted by Gasteiger charge is -2.09. The lowest BCUT2D eigenvalue weighted by Crippen LogP contribution is -2.16. The molecule has 0 saturated carbocycles. The summed E-state index contributed by atoms with van der Waals surface area (Å²) < 4.78 is 29.1. The maximum atomic E-state index is 12.9. The van der Waals surface area contributed by atoms with Gasteiger partial charge in [0, 0.05) is 10.9 Å². The molecule has 2 N–H and O–H groups in total. The predicted molar refractivity (Wildman–Crippen MR) is 103 cm³/mol. The van der Waals surface area contributed by atoms with Crippen LogP contribution in [0.3, 0.4) is 0 Å². The molecule has 136 valence electrons. The number of rotatable bonds is 5. The van der Waals surface area contributed by atoms with Crippen LogP contribution < -0.4 is 4.72 Å². The highest BCUT2D eigenvalue weighted by atomic mass is 32.2. The zero-order valence-electron chi connectivity index (χ0n) is 14.5. The molecule has 26 heavy (non-hydrogen) atoms. The minimum Gasteiger partial charge on any atom is -0.476 e. The Morgan fingerprint density at radius 1 is 1.27 bits per heavy atom. The van der Waals surface area contributed by atoms with Gasteiger partial charge in [-0.1, -0.05) is 19.9 Å². The van der Waals surface area contributed by atoms with Crippen LogP contribution in [0.25, 0.3) is 10.1 Å². The van der Waals surface area contributed by atoms with Gasteiger partial charge in [-0.15, -0.1) is 11.3 Å². The van der Waals surface area contributed by atoms with Gasteiger partial charge in [-0.05, 0) is 53.6 Å². The van der Waals surface area contributed by atoms with Gasteiger partial charge in [0.2, 0.25) is 0 Å². The minimum atomic E-state index is -3.93. The number of nitrogens with one attached hydrogen (secondary N) is 1. The van der Waals surface area contributed by atoms with Crippen molar-refractivity contribution in [3.05, 3.63) is 53.3 Å². The largest absolute Gasteiger partial charge is 0.476 e. The number of thiophene rings is 1. The topological polar surface area (TPSA) is 96.4 Å². The fraction of sp³-hybridized carbons (Fsp3) is 0.222. The Bertz CT molecular complexity index is 1100. The van der Waals surface area contributed by atoms with Crippen molar-refractivity contribution in [2.24, 2.45) is 0 Å². The van der Waals surface area contributed by atoms with Gasteiger partial charge in [-0.2, -0.15) is 0 Å². The number of carboxylic acids is 1. The van der Waals surface area contributed by atoms with Gasteiger partial charge in [0.25, 0.3) is 10.0 Å². The summed E-state index contributed by atoms with van der Waals surface area (Å²) in [6, 6.07) is 8.80. The summed E-state index contributed by atoms with van der Waals surface area (Å²) in [7, 11) is -3.93. The first-order valence-corrected chi connectivity index (χ1v) is 10.2. The third-order valence-corrected chi connectivity index (χ3v) is 7.34. The number of hydrogen-bond acceptors (Lipinski definition) is 5. The van der Waals surface area contributed by atoms with E-state index in [1.165, 1.54) is 29.7 Å². The van der Waals surface area contributed by atoms with Crippen molar-refractivity contribution in [2.75, 3.05) is 4.72 Å². The van der Waals surface area contributed by atoms with Crippen LogP contribution in [0.1, 0.15) is 41.4 Å². The number of carbonyl (C=O) groups is 1. The first-order valence-electron chi connectivity index (χ1n) is 7.95. The molecule has 3 aromatic rings. The molecule has 2 heterocycles. The Labute approximate surface area is 155 Å². The van der Waals surface area contributed by atoms with Crippen LogP contribution in [0.15, 0.2) is 40.7 Å². The monoisotopic (exact) mass is 390 g/mol. The summed E-state index contributed by atoms with van der Waals surface area (Å²) in [6.45, 7) is 5.93. The number of aryl methyl sites for hydroxylation is 1. The Morgan fingerprint density at radius 2 is 2.00 bits per heavy atom. The Balaban J connectivity index is 2.08. The van der Waals surface area contributed by atoms with E-state index in [2.05, 4.69) is 23.6 Å². The van der Waals surface area contributed by atoms with Gasteiger partial charge in [-0.25, -0.2) is 18.2 Å². The van der Waals surface area contributed by atoms with Crippen LogP contribution in [0.2, 0.25) is 0 Å². The number of pyridine rings is 1. The smallest absolute Gasteiger partial charge is 0.356 e. The molecular weight excluding hydrogens is 372 g/mol. The number of fused-ring (bicyclic) bond motifs is 1. The van der Waals surface area contributed by atoms with Gasteiger partial charge in [0.15, 0.2) is 5.69 Å². The number of anilines is 1.